The first kappa shape index (κ1) is 17.2. The van der Waals surface area contributed by atoms with Crippen molar-refractivity contribution < 1.29 is 9.53 Å². The van der Waals surface area contributed by atoms with E-state index in [1.807, 2.05) is 30.5 Å². The molecular formula is C18H20BrN5O2. The average Bonchev–Trinajstić information content (AvgIpc) is 3.11. The largest absolute Gasteiger partial charge is 0.378 e. The van der Waals surface area contributed by atoms with Crippen LogP contribution in [0.25, 0.3) is 0 Å². The monoisotopic (exact) mass is 417 g/mol. The number of aromatic nitrogens is 2. The molecule has 136 valence electrons. The number of carbonyl (C=O) groups is 1. The fourth-order valence-corrected chi connectivity index (χ4v) is 3.46. The average molecular weight is 418 g/mol. The summed E-state index contributed by atoms with van der Waals surface area (Å²) in [6.45, 7) is 3.51. The minimum Gasteiger partial charge on any atom is -0.378 e. The lowest BCUT2D eigenvalue weighted by Crippen LogP contribution is -2.41. The maximum Gasteiger partial charge on any atom is 0.329 e. The van der Waals surface area contributed by atoms with E-state index in [0.717, 1.165) is 41.1 Å². The summed E-state index contributed by atoms with van der Waals surface area (Å²) in [5, 5.41) is 0. The highest BCUT2D eigenvalue weighted by molar-refractivity contribution is 9.10. The van der Waals surface area contributed by atoms with E-state index in [2.05, 4.69) is 25.8 Å². The zero-order chi connectivity index (χ0) is 18.1. The molecule has 0 unspecified atom stereocenters. The summed E-state index contributed by atoms with van der Waals surface area (Å²) in [4.78, 5) is 27.7. The number of ether oxygens (including phenoxy) is 1. The molecular weight excluding hydrogens is 398 g/mol. The number of hydrogen-bond donors (Lipinski definition) is 0. The first-order valence-electron chi connectivity index (χ1n) is 8.63. The third-order valence-corrected chi connectivity index (χ3v) is 5.24. The molecule has 0 spiro atoms. The Morgan fingerprint density at radius 2 is 1.92 bits per heavy atom. The van der Waals surface area contributed by atoms with Gasteiger partial charge in [0.2, 0.25) is 5.95 Å². The Labute approximate surface area is 160 Å². The van der Waals surface area contributed by atoms with Crippen molar-refractivity contribution in [1.82, 2.24) is 9.97 Å². The third kappa shape index (κ3) is 3.26. The smallest absolute Gasteiger partial charge is 0.329 e. The number of morpholine rings is 1. The van der Waals surface area contributed by atoms with E-state index >= 15 is 0 Å². The van der Waals surface area contributed by atoms with E-state index in [4.69, 9.17) is 9.72 Å². The fourth-order valence-electron chi connectivity index (χ4n) is 3.20. The molecule has 0 radical (unpaired) electrons. The van der Waals surface area contributed by atoms with Crippen molar-refractivity contribution in [2.45, 2.75) is 6.42 Å². The second-order valence-electron chi connectivity index (χ2n) is 6.34. The minimum atomic E-state index is -0.0855. The van der Waals surface area contributed by atoms with Gasteiger partial charge in [-0.05, 0) is 30.7 Å². The van der Waals surface area contributed by atoms with Crippen molar-refractivity contribution in [3.05, 3.63) is 40.5 Å². The molecule has 0 N–H and O–H groups in total. The van der Waals surface area contributed by atoms with Gasteiger partial charge in [0.05, 0.1) is 13.2 Å². The van der Waals surface area contributed by atoms with Crippen LogP contribution in [0.5, 0.6) is 0 Å². The van der Waals surface area contributed by atoms with Crippen LogP contribution in [0.1, 0.15) is 5.56 Å². The van der Waals surface area contributed by atoms with Crippen LogP contribution in [0.3, 0.4) is 0 Å². The Morgan fingerprint density at radius 1 is 1.19 bits per heavy atom. The topological polar surface area (TPSA) is 61.8 Å². The fraction of sp³-hybridized carbons (Fsp3) is 0.389. The van der Waals surface area contributed by atoms with Gasteiger partial charge in [-0.25, -0.2) is 9.78 Å². The number of carbonyl (C=O) groups excluding carboxylic acids is 1. The molecule has 4 rings (SSSR count). The van der Waals surface area contributed by atoms with Crippen molar-refractivity contribution in [1.29, 1.82) is 0 Å². The van der Waals surface area contributed by atoms with Gasteiger partial charge in [0.15, 0.2) is 0 Å². The molecule has 2 aromatic rings. The highest BCUT2D eigenvalue weighted by Crippen LogP contribution is 2.29. The molecule has 1 aromatic heterocycles. The first-order chi connectivity index (χ1) is 12.6. The van der Waals surface area contributed by atoms with Crippen LogP contribution in [0.2, 0.25) is 0 Å². The van der Waals surface area contributed by atoms with Gasteiger partial charge in [0.25, 0.3) is 0 Å². The van der Waals surface area contributed by atoms with Gasteiger partial charge >= 0.3 is 6.03 Å². The normalized spacial score (nSPS) is 16.5. The molecule has 3 heterocycles. The number of fused-ring (bicyclic) bond motifs is 1. The molecule has 8 heteroatoms. The van der Waals surface area contributed by atoms with Crippen LogP contribution in [0, 0.1) is 0 Å². The number of urea groups is 1. The van der Waals surface area contributed by atoms with Gasteiger partial charge in [-0.3, -0.25) is 9.80 Å². The van der Waals surface area contributed by atoms with Crippen molar-refractivity contribution >= 4 is 39.4 Å². The minimum absolute atomic E-state index is 0.0855. The SMILES string of the molecule is CN(C(=O)N1CCc2cnc(N3CCOCC3)nc21)c1ccc(Br)cc1. The Kier molecular flexibility index (Phi) is 4.78. The summed E-state index contributed by atoms with van der Waals surface area (Å²) in [6, 6.07) is 7.60. The van der Waals surface area contributed by atoms with Crippen molar-refractivity contribution in [3.8, 4) is 0 Å². The van der Waals surface area contributed by atoms with E-state index < -0.39 is 0 Å². The Morgan fingerprint density at radius 3 is 2.65 bits per heavy atom. The van der Waals surface area contributed by atoms with E-state index in [1.165, 1.54) is 0 Å². The van der Waals surface area contributed by atoms with Crippen LogP contribution in [0.15, 0.2) is 34.9 Å². The maximum atomic E-state index is 13.0. The van der Waals surface area contributed by atoms with Crippen molar-refractivity contribution in [2.75, 3.05) is 54.6 Å². The van der Waals surface area contributed by atoms with Gasteiger partial charge in [0, 0.05) is 48.6 Å². The predicted molar refractivity (Wildman–Crippen MR) is 104 cm³/mol. The number of rotatable bonds is 2. The molecule has 2 aliphatic heterocycles. The van der Waals surface area contributed by atoms with Crippen LogP contribution in [-0.4, -0.2) is 55.9 Å². The standard InChI is InChI=1S/C18H20BrN5O2/c1-22(15-4-2-14(19)3-5-15)18(25)24-7-6-13-12-20-17(21-16(13)24)23-8-10-26-11-9-23/h2-5,12H,6-11H2,1H3. The zero-order valence-corrected chi connectivity index (χ0v) is 16.1. The number of hydrogen-bond acceptors (Lipinski definition) is 5. The number of halogens is 1. The van der Waals surface area contributed by atoms with Gasteiger partial charge in [-0.15, -0.1) is 0 Å². The van der Waals surface area contributed by atoms with Crippen LogP contribution >= 0.6 is 15.9 Å². The quantitative estimate of drug-likeness (QED) is 0.751. The molecule has 1 aromatic carbocycles. The van der Waals surface area contributed by atoms with E-state index in [-0.39, 0.29) is 6.03 Å². The molecule has 0 saturated carbocycles. The summed E-state index contributed by atoms with van der Waals surface area (Å²) in [5.74, 6) is 1.38. The Hall–Kier alpha value is -2.19. The van der Waals surface area contributed by atoms with Crippen LogP contribution < -0.4 is 14.7 Å². The molecule has 1 saturated heterocycles. The number of anilines is 3. The zero-order valence-electron chi connectivity index (χ0n) is 14.6. The van der Waals surface area contributed by atoms with E-state index in [0.29, 0.717) is 25.7 Å². The lowest BCUT2D eigenvalue weighted by molar-refractivity contribution is 0.122. The molecule has 26 heavy (non-hydrogen) atoms. The Balaban J connectivity index is 1.57. The van der Waals surface area contributed by atoms with Gasteiger partial charge in [0.1, 0.15) is 5.82 Å². The maximum absolute atomic E-state index is 13.0. The van der Waals surface area contributed by atoms with Crippen molar-refractivity contribution in [2.24, 2.45) is 0 Å². The summed E-state index contributed by atoms with van der Waals surface area (Å²) < 4.78 is 6.37. The number of amides is 2. The molecule has 2 amide bonds. The highest BCUT2D eigenvalue weighted by atomic mass is 79.9. The molecule has 1 fully saturated rings. The summed E-state index contributed by atoms with van der Waals surface area (Å²) >= 11 is 3.42. The molecule has 0 atom stereocenters. The van der Waals surface area contributed by atoms with E-state index in [9.17, 15) is 4.79 Å². The van der Waals surface area contributed by atoms with E-state index in [1.54, 1.807) is 16.8 Å². The summed E-state index contributed by atoms with van der Waals surface area (Å²) in [6.07, 6.45) is 2.62. The molecule has 7 nitrogen and oxygen atoms in total. The lowest BCUT2D eigenvalue weighted by atomic mass is 10.3. The summed E-state index contributed by atoms with van der Waals surface area (Å²) in [7, 11) is 1.79. The second-order valence-corrected chi connectivity index (χ2v) is 7.25. The number of nitrogens with zero attached hydrogens (tertiary/aromatic N) is 5. The molecule has 2 aliphatic rings. The first-order valence-corrected chi connectivity index (χ1v) is 9.42. The number of benzene rings is 1. The lowest BCUT2D eigenvalue weighted by Gasteiger charge is -2.28. The van der Waals surface area contributed by atoms with Crippen molar-refractivity contribution in [3.63, 3.8) is 0 Å². The molecule has 0 aliphatic carbocycles. The predicted octanol–water partition coefficient (Wildman–Crippen LogP) is 2.69. The van der Waals surface area contributed by atoms with Gasteiger partial charge < -0.3 is 9.64 Å². The second kappa shape index (κ2) is 7.20. The van der Waals surface area contributed by atoms with Crippen LogP contribution in [-0.2, 0) is 11.2 Å². The Bertz CT molecular complexity index is 808. The summed E-state index contributed by atoms with van der Waals surface area (Å²) in [5.41, 5.74) is 1.86. The molecule has 0 bridgehead atoms. The van der Waals surface area contributed by atoms with Gasteiger partial charge in [-0.2, -0.15) is 4.98 Å². The van der Waals surface area contributed by atoms with Crippen LogP contribution in [0.4, 0.5) is 22.2 Å². The van der Waals surface area contributed by atoms with Gasteiger partial charge in [-0.1, -0.05) is 15.9 Å². The third-order valence-electron chi connectivity index (χ3n) is 4.72. The highest BCUT2D eigenvalue weighted by Gasteiger charge is 2.30.